The van der Waals surface area contributed by atoms with Crippen molar-refractivity contribution in [1.82, 2.24) is 5.32 Å². The zero-order valence-electron chi connectivity index (χ0n) is 9.38. The van der Waals surface area contributed by atoms with Crippen LogP contribution in [0, 0.1) is 12.3 Å². The predicted molar refractivity (Wildman–Crippen MR) is 62.8 cm³/mol. The van der Waals surface area contributed by atoms with Gasteiger partial charge in [-0.2, -0.15) is 0 Å². The van der Waals surface area contributed by atoms with E-state index >= 15 is 0 Å². The first-order valence-corrected chi connectivity index (χ1v) is 6.09. The Morgan fingerprint density at radius 1 is 1.56 bits per heavy atom. The molecule has 88 valence electrons. The first-order chi connectivity index (χ1) is 7.65. The molecule has 16 heavy (non-hydrogen) atoms. The summed E-state index contributed by atoms with van der Waals surface area (Å²) in [6, 6.07) is 3.49. The second-order valence-corrected chi connectivity index (χ2v) is 4.91. The van der Waals surface area contributed by atoms with Gasteiger partial charge in [0.25, 0.3) is 5.91 Å². The molecule has 1 heterocycles. The Hall–Kier alpha value is -0.960. The van der Waals surface area contributed by atoms with Crippen LogP contribution in [0.15, 0.2) is 16.5 Å². The number of furan rings is 1. The normalized spacial score (nSPS) is 17.1. The summed E-state index contributed by atoms with van der Waals surface area (Å²) >= 11 is 5.73. The summed E-state index contributed by atoms with van der Waals surface area (Å²) in [5.74, 6) is 1.68. The number of carbonyl (C=O) groups excluding carboxylic acids is 1. The van der Waals surface area contributed by atoms with E-state index in [1.54, 1.807) is 12.1 Å². The van der Waals surface area contributed by atoms with E-state index in [2.05, 4.69) is 5.32 Å². The monoisotopic (exact) mass is 241 g/mol. The van der Waals surface area contributed by atoms with Gasteiger partial charge in [0.05, 0.1) is 0 Å². The molecule has 1 aliphatic carbocycles. The highest BCUT2D eigenvalue weighted by atomic mass is 35.5. The molecule has 0 saturated heterocycles. The minimum atomic E-state index is -0.131. The van der Waals surface area contributed by atoms with Crippen LogP contribution < -0.4 is 5.32 Å². The molecule has 0 bridgehead atoms. The van der Waals surface area contributed by atoms with Gasteiger partial charge in [-0.05, 0) is 43.7 Å². The van der Waals surface area contributed by atoms with Gasteiger partial charge in [0, 0.05) is 12.4 Å². The molecule has 2 rings (SSSR count). The molecule has 0 atom stereocenters. The third-order valence-corrected chi connectivity index (χ3v) is 3.36. The van der Waals surface area contributed by atoms with E-state index in [-0.39, 0.29) is 11.3 Å². The van der Waals surface area contributed by atoms with Crippen molar-refractivity contribution in [2.24, 2.45) is 5.41 Å². The maximum absolute atomic E-state index is 11.7. The molecule has 1 aromatic heterocycles. The Bertz CT molecular complexity index is 382. The first kappa shape index (κ1) is 11.5. The molecule has 0 unspecified atom stereocenters. The molecule has 0 spiro atoms. The van der Waals surface area contributed by atoms with E-state index in [1.807, 2.05) is 6.92 Å². The molecule has 1 amide bonds. The lowest BCUT2D eigenvalue weighted by atomic mass is 10.0. The highest BCUT2D eigenvalue weighted by Crippen LogP contribution is 2.48. The number of rotatable bonds is 5. The largest absolute Gasteiger partial charge is 0.456 e. The van der Waals surface area contributed by atoms with E-state index in [9.17, 15) is 4.79 Å². The van der Waals surface area contributed by atoms with Gasteiger partial charge in [-0.25, -0.2) is 0 Å². The van der Waals surface area contributed by atoms with Crippen molar-refractivity contribution >= 4 is 17.5 Å². The molecule has 1 aliphatic rings. The highest BCUT2D eigenvalue weighted by Gasteiger charge is 2.41. The van der Waals surface area contributed by atoms with Crippen LogP contribution in [0.1, 0.15) is 35.6 Å². The van der Waals surface area contributed by atoms with Crippen molar-refractivity contribution in [2.45, 2.75) is 26.2 Å². The van der Waals surface area contributed by atoms with Crippen LogP contribution >= 0.6 is 11.6 Å². The summed E-state index contributed by atoms with van der Waals surface area (Å²) < 4.78 is 5.25. The fourth-order valence-corrected chi connectivity index (χ4v) is 2.20. The van der Waals surface area contributed by atoms with E-state index in [1.165, 1.54) is 0 Å². The van der Waals surface area contributed by atoms with E-state index < -0.39 is 0 Å². The van der Waals surface area contributed by atoms with Gasteiger partial charge in [0.1, 0.15) is 5.76 Å². The first-order valence-electron chi connectivity index (χ1n) is 5.56. The van der Waals surface area contributed by atoms with Gasteiger partial charge >= 0.3 is 0 Å². The molecular formula is C12H16ClNO2. The Morgan fingerprint density at radius 2 is 2.31 bits per heavy atom. The SMILES string of the molecule is Cc1ccc(C(=O)NCC2(CCCl)CC2)o1. The zero-order valence-corrected chi connectivity index (χ0v) is 10.1. The molecule has 0 aliphatic heterocycles. The molecule has 1 N–H and O–H groups in total. The number of aryl methyl sites for hydroxylation is 1. The molecule has 1 fully saturated rings. The van der Waals surface area contributed by atoms with Gasteiger partial charge in [0.15, 0.2) is 5.76 Å². The third kappa shape index (κ3) is 2.59. The van der Waals surface area contributed by atoms with Crippen molar-refractivity contribution in [2.75, 3.05) is 12.4 Å². The predicted octanol–water partition coefficient (Wildman–Crippen LogP) is 2.73. The van der Waals surface area contributed by atoms with Crippen molar-refractivity contribution in [3.05, 3.63) is 23.7 Å². The third-order valence-electron chi connectivity index (χ3n) is 3.17. The van der Waals surface area contributed by atoms with Crippen LogP contribution in [0.5, 0.6) is 0 Å². The van der Waals surface area contributed by atoms with Crippen LogP contribution in [0.4, 0.5) is 0 Å². The molecule has 1 aromatic rings. The van der Waals surface area contributed by atoms with Gasteiger partial charge in [-0.1, -0.05) is 0 Å². The summed E-state index contributed by atoms with van der Waals surface area (Å²) in [4.78, 5) is 11.7. The van der Waals surface area contributed by atoms with Crippen molar-refractivity contribution < 1.29 is 9.21 Å². The highest BCUT2D eigenvalue weighted by molar-refractivity contribution is 6.17. The van der Waals surface area contributed by atoms with E-state index in [0.29, 0.717) is 18.2 Å². The van der Waals surface area contributed by atoms with Crippen molar-refractivity contribution in [1.29, 1.82) is 0 Å². The zero-order chi connectivity index (χ0) is 11.6. The summed E-state index contributed by atoms with van der Waals surface area (Å²) in [6.45, 7) is 2.53. The van der Waals surface area contributed by atoms with Gasteiger partial charge < -0.3 is 9.73 Å². The van der Waals surface area contributed by atoms with Gasteiger partial charge in [0.2, 0.25) is 0 Å². The lowest BCUT2D eigenvalue weighted by Gasteiger charge is -2.13. The maximum Gasteiger partial charge on any atom is 0.287 e. The quantitative estimate of drug-likeness (QED) is 0.806. The summed E-state index contributed by atoms with van der Waals surface area (Å²) in [6.07, 6.45) is 3.31. The molecule has 0 aromatic carbocycles. The molecule has 4 heteroatoms. The Morgan fingerprint density at radius 3 is 2.81 bits per heavy atom. The average molecular weight is 242 g/mol. The lowest BCUT2D eigenvalue weighted by molar-refractivity contribution is 0.0915. The Kier molecular flexibility index (Phi) is 3.24. The number of nitrogens with one attached hydrogen (secondary N) is 1. The summed E-state index contributed by atoms with van der Waals surface area (Å²) in [5, 5.41) is 2.91. The fraction of sp³-hybridized carbons (Fsp3) is 0.583. The lowest BCUT2D eigenvalue weighted by Crippen LogP contribution is -2.30. The van der Waals surface area contributed by atoms with E-state index in [4.69, 9.17) is 16.0 Å². The number of amides is 1. The van der Waals surface area contributed by atoms with Crippen LogP contribution in [0.3, 0.4) is 0 Å². The Balaban J connectivity index is 1.84. The second-order valence-electron chi connectivity index (χ2n) is 4.53. The minimum Gasteiger partial charge on any atom is -0.456 e. The molecule has 0 radical (unpaired) electrons. The van der Waals surface area contributed by atoms with Gasteiger partial charge in [-0.3, -0.25) is 4.79 Å². The number of carbonyl (C=O) groups is 1. The van der Waals surface area contributed by atoms with Crippen LogP contribution in [-0.4, -0.2) is 18.3 Å². The summed E-state index contributed by atoms with van der Waals surface area (Å²) in [7, 11) is 0. The number of hydrogen-bond donors (Lipinski definition) is 1. The van der Waals surface area contributed by atoms with Crippen LogP contribution in [-0.2, 0) is 0 Å². The second kappa shape index (κ2) is 4.50. The Labute approximate surface area is 100 Å². The molecule has 3 nitrogen and oxygen atoms in total. The smallest absolute Gasteiger partial charge is 0.287 e. The minimum absolute atomic E-state index is 0.131. The van der Waals surface area contributed by atoms with Crippen molar-refractivity contribution in [3.8, 4) is 0 Å². The standard InChI is InChI=1S/C12H16ClNO2/c1-9-2-3-10(16-9)11(15)14-8-12(4-5-12)6-7-13/h2-3H,4-8H2,1H3,(H,14,15). The molecular weight excluding hydrogens is 226 g/mol. The van der Waals surface area contributed by atoms with E-state index in [0.717, 1.165) is 25.0 Å². The number of hydrogen-bond acceptors (Lipinski definition) is 2. The van der Waals surface area contributed by atoms with Crippen molar-refractivity contribution in [3.63, 3.8) is 0 Å². The topological polar surface area (TPSA) is 42.2 Å². The number of alkyl halides is 1. The maximum atomic E-state index is 11.7. The molecule has 1 saturated carbocycles. The average Bonchev–Trinajstić information content (AvgIpc) is 2.89. The van der Waals surface area contributed by atoms with Crippen LogP contribution in [0.2, 0.25) is 0 Å². The van der Waals surface area contributed by atoms with Gasteiger partial charge in [-0.15, -0.1) is 11.6 Å². The fourth-order valence-electron chi connectivity index (χ4n) is 1.80. The van der Waals surface area contributed by atoms with Crippen LogP contribution in [0.25, 0.3) is 0 Å². The number of halogens is 1. The summed E-state index contributed by atoms with van der Waals surface area (Å²) in [5.41, 5.74) is 0.263.